The number of hydrogen-bond donors (Lipinski definition) is 3. The zero-order valence-corrected chi connectivity index (χ0v) is 40.6. The molecule has 6 heteroatoms. The van der Waals surface area contributed by atoms with Crippen LogP contribution in [0, 0.1) is 0 Å². The number of unbranched alkanes of at least 4 members (excludes halogenated alkanes) is 34. The number of carbonyl (C=O) groups is 2. The molecule has 3 N–H and O–H groups in total. The molecule has 0 aromatic carbocycles. The van der Waals surface area contributed by atoms with E-state index in [1.807, 2.05) is 6.08 Å². The van der Waals surface area contributed by atoms with Gasteiger partial charge >= 0.3 is 5.97 Å². The van der Waals surface area contributed by atoms with Crippen LogP contribution in [0.5, 0.6) is 0 Å². The Morgan fingerprint density at radius 1 is 0.443 bits per heavy atom. The summed E-state index contributed by atoms with van der Waals surface area (Å²) in [5, 5.41) is 23.1. The summed E-state index contributed by atoms with van der Waals surface area (Å²) in [5.74, 6) is -0.0996. The highest BCUT2D eigenvalue weighted by atomic mass is 16.5. The molecule has 0 bridgehead atoms. The predicted octanol–water partition coefficient (Wildman–Crippen LogP) is 16.1. The number of amides is 1. The number of aliphatic hydroxyl groups excluding tert-OH is 2. The van der Waals surface area contributed by atoms with Gasteiger partial charge in [0.05, 0.1) is 25.4 Å². The lowest BCUT2D eigenvalue weighted by Crippen LogP contribution is -2.45. The first-order valence-electron chi connectivity index (χ1n) is 26.8. The van der Waals surface area contributed by atoms with Gasteiger partial charge in [-0.15, -0.1) is 0 Å². The maximum Gasteiger partial charge on any atom is 0.305 e. The van der Waals surface area contributed by atoms with E-state index in [2.05, 4.69) is 43.5 Å². The number of allylic oxidation sites excluding steroid dienone is 5. The molecule has 0 aromatic rings. The van der Waals surface area contributed by atoms with Crippen molar-refractivity contribution in [1.82, 2.24) is 5.32 Å². The van der Waals surface area contributed by atoms with Crippen LogP contribution in [-0.4, -0.2) is 47.4 Å². The van der Waals surface area contributed by atoms with E-state index in [0.29, 0.717) is 19.4 Å². The Labute approximate surface area is 379 Å². The molecule has 0 heterocycles. The predicted molar refractivity (Wildman–Crippen MR) is 264 cm³/mol. The number of ether oxygens (including phenoxy) is 1. The molecule has 0 saturated carbocycles. The smallest absolute Gasteiger partial charge is 0.305 e. The van der Waals surface area contributed by atoms with Crippen molar-refractivity contribution >= 4 is 11.9 Å². The number of carbonyl (C=O) groups excluding carboxylic acids is 2. The minimum absolute atomic E-state index is 0.0144. The summed E-state index contributed by atoms with van der Waals surface area (Å²) in [6.07, 6.45) is 61.5. The minimum Gasteiger partial charge on any atom is -0.466 e. The standard InChI is InChI=1S/C55H103NO5/c1-3-5-7-9-11-13-15-17-18-21-24-27-31-35-39-43-47-53(58)52(51-57)56-54(59)48-44-40-36-32-28-25-22-19-20-23-26-30-34-38-42-46-50-61-55(60)49-45-41-37-33-29-16-14-12-10-8-6-4-2/h12,14,19,22,43,47,52-53,57-58H,3-11,13,15-18,20-21,23-42,44-46,48-51H2,1-2H3,(H,56,59)/b14-12-,22-19-,47-43+. The molecule has 358 valence electrons. The Hall–Kier alpha value is -1.92. The second kappa shape index (κ2) is 50.7. The molecule has 0 radical (unpaired) electrons. The van der Waals surface area contributed by atoms with E-state index in [-0.39, 0.29) is 18.5 Å². The Bertz CT molecular complexity index is 993. The van der Waals surface area contributed by atoms with Crippen LogP contribution >= 0.6 is 0 Å². The van der Waals surface area contributed by atoms with Crippen LogP contribution < -0.4 is 5.32 Å². The number of hydrogen-bond acceptors (Lipinski definition) is 5. The van der Waals surface area contributed by atoms with Gasteiger partial charge in [0.2, 0.25) is 5.91 Å². The normalized spacial score (nSPS) is 12.9. The van der Waals surface area contributed by atoms with E-state index in [4.69, 9.17) is 4.74 Å². The van der Waals surface area contributed by atoms with Gasteiger partial charge in [-0.3, -0.25) is 9.59 Å². The molecule has 61 heavy (non-hydrogen) atoms. The molecule has 0 rings (SSSR count). The SMILES string of the molecule is CCCCC/C=C\CCCCCCCC(=O)OCCCCCCCCC/C=C\CCCCCCCC(=O)NC(CO)C(O)/C=C/CCCCCCCCCCCCCCCC. The molecule has 0 spiro atoms. The Kier molecular flexibility index (Phi) is 49.1. The van der Waals surface area contributed by atoms with E-state index < -0.39 is 12.1 Å². The maximum absolute atomic E-state index is 12.4. The molecular formula is C55H103NO5. The third-order valence-electron chi connectivity index (χ3n) is 12.1. The molecule has 0 aromatic heterocycles. The third-order valence-corrected chi connectivity index (χ3v) is 12.1. The highest BCUT2D eigenvalue weighted by molar-refractivity contribution is 5.76. The molecule has 0 saturated heterocycles. The van der Waals surface area contributed by atoms with E-state index in [9.17, 15) is 19.8 Å². The van der Waals surface area contributed by atoms with Crippen LogP contribution in [0.1, 0.15) is 277 Å². The van der Waals surface area contributed by atoms with Crippen molar-refractivity contribution in [3.8, 4) is 0 Å². The van der Waals surface area contributed by atoms with Crippen LogP contribution in [-0.2, 0) is 14.3 Å². The van der Waals surface area contributed by atoms with Crippen molar-refractivity contribution < 1.29 is 24.5 Å². The van der Waals surface area contributed by atoms with Gasteiger partial charge in [0.15, 0.2) is 0 Å². The van der Waals surface area contributed by atoms with Crippen LogP contribution in [0.3, 0.4) is 0 Å². The highest BCUT2D eigenvalue weighted by Crippen LogP contribution is 2.15. The average Bonchev–Trinajstić information content (AvgIpc) is 3.26. The second-order valence-electron chi connectivity index (χ2n) is 18.2. The molecule has 2 atom stereocenters. The summed E-state index contributed by atoms with van der Waals surface area (Å²) < 4.78 is 5.44. The second-order valence-corrected chi connectivity index (χ2v) is 18.2. The minimum atomic E-state index is -0.855. The van der Waals surface area contributed by atoms with Crippen molar-refractivity contribution in [1.29, 1.82) is 0 Å². The fourth-order valence-electron chi connectivity index (χ4n) is 7.97. The molecular weight excluding hydrogens is 755 g/mol. The summed E-state index contributed by atoms with van der Waals surface area (Å²) in [6, 6.07) is -0.640. The lowest BCUT2D eigenvalue weighted by Gasteiger charge is -2.20. The van der Waals surface area contributed by atoms with Gasteiger partial charge in [0.25, 0.3) is 0 Å². The lowest BCUT2D eigenvalue weighted by atomic mass is 10.0. The summed E-state index contributed by atoms with van der Waals surface area (Å²) >= 11 is 0. The summed E-state index contributed by atoms with van der Waals surface area (Å²) in [4.78, 5) is 24.4. The first-order chi connectivity index (χ1) is 30.0. The fourth-order valence-corrected chi connectivity index (χ4v) is 7.97. The maximum atomic E-state index is 12.4. The summed E-state index contributed by atoms with van der Waals surface area (Å²) in [6.45, 7) is 4.85. The van der Waals surface area contributed by atoms with Gasteiger partial charge in [-0.2, -0.15) is 0 Å². The molecule has 0 fully saturated rings. The van der Waals surface area contributed by atoms with Crippen LogP contribution in [0.15, 0.2) is 36.5 Å². The van der Waals surface area contributed by atoms with Gasteiger partial charge < -0.3 is 20.3 Å². The molecule has 1 amide bonds. The number of aliphatic hydroxyl groups is 2. The number of esters is 1. The zero-order chi connectivity index (χ0) is 44.4. The van der Waals surface area contributed by atoms with Crippen molar-refractivity contribution in [2.45, 2.75) is 289 Å². The topological polar surface area (TPSA) is 95.9 Å². The van der Waals surface area contributed by atoms with Gasteiger partial charge in [-0.1, -0.05) is 217 Å². The molecule has 6 nitrogen and oxygen atoms in total. The molecule has 2 unspecified atom stereocenters. The van der Waals surface area contributed by atoms with Crippen molar-refractivity contribution in [3.05, 3.63) is 36.5 Å². The average molecular weight is 858 g/mol. The van der Waals surface area contributed by atoms with Gasteiger partial charge in [-0.05, 0) is 83.5 Å². The Balaban J connectivity index is 3.52. The monoisotopic (exact) mass is 858 g/mol. The number of rotatable bonds is 49. The van der Waals surface area contributed by atoms with Crippen LogP contribution in [0.2, 0.25) is 0 Å². The first kappa shape index (κ1) is 59.1. The largest absolute Gasteiger partial charge is 0.466 e. The van der Waals surface area contributed by atoms with Crippen LogP contribution in [0.4, 0.5) is 0 Å². The van der Waals surface area contributed by atoms with Crippen molar-refractivity contribution in [2.24, 2.45) is 0 Å². The number of nitrogens with one attached hydrogen (secondary N) is 1. The highest BCUT2D eigenvalue weighted by Gasteiger charge is 2.18. The molecule has 0 aliphatic heterocycles. The van der Waals surface area contributed by atoms with E-state index in [1.54, 1.807) is 6.08 Å². The van der Waals surface area contributed by atoms with Crippen molar-refractivity contribution in [3.63, 3.8) is 0 Å². The van der Waals surface area contributed by atoms with Gasteiger partial charge in [0.1, 0.15) is 0 Å². The van der Waals surface area contributed by atoms with Crippen LogP contribution in [0.25, 0.3) is 0 Å². The first-order valence-corrected chi connectivity index (χ1v) is 26.8. The van der Waals surface area contributed by atoms with Gasteiger partial charge in [-0.25, -0.2) is 0 Å². The summed E-state index contributed by atoms with van der Waals surface area (Å²) in [5.41, 5.74) is 0. The third kappa shape index (κ3) is 47.4. The van der Waals surface area contributed by atoms with Gasteiger partial charge in [0, 0.05) is 12.8 Å². The summed E-state index contributed by atoms with van der Waals surface area (Å²) in [7, 11) is 0. The Morgan fingerprint density at radius 2 is 0.770 bits per heavy atom. The lowest BCUT2D eigenvalue weighted by molar-refractivity contribution is -0.143. The van der Waals surface area contributed by atoms with Crippen molar-refractivity contribution in [2.75, 3.05) is 13.2 Å². The Morgan fingerprint density at radius 3 is 1.20 bits per heavy atom. The van der Waals surface area contributed by atoms with E-state index in [1.165, 1.54) is 186 Å². The fraction of sp³-hybridized carbons (Fsp3) is 0.855. The quantitative estimate of drug-likeness (QED) is 0.0322. The van der Waals surface area contributed by atoms with E-state index >= 15 is 0 Å². The zero-order valence-electron chi connectivity index (χ0n) is 40.6. The molecule has 0 aliphatic rings. The molecule has 0 aliphatic carbocycles. The van der Waals surface area contributed by atoms with E-state index in [0.717, 1.165) is 64.2 Å².